The Balaban J connectivity index is 2.54. The molecule has 0 radical (unpaired) electrons. The highest BCUT2D eigenvalue weighted by atomic mass is 79.9. The molecule has 2 aromatic carbocycles. The number of nitro groups is 2. The van der Waals surface area contributed by atoms with Crippen LogP contribution in [0.1, 0.15) is 31.8 Å². The molecule has 0 atom stereocenters. The van der Waals surface area contributed by atoms with Gasteiger partial charge in [-0.25, -0.2) is 0 Å². The first kappa shape index (κ1) is 16.4. The molecule has 0 bridgehead atoms. The molecule has 0 heterocycles. The van der Waals surface area contributed by atoms with Gasteiger partial charge in [0.2, 0.25) is 5.78 Å². The third-order valence-electron chi connectivity index (χ3n) is 3.57. The summed E-state index contributed by atoms with van der Waals surface area (Å²) in [6, 6.07) is 5.83. The fourth-order valence-electron chi connectivity index (χ4n) is 2.59. The SMILES string of the molecule is O=C1c2ccccc2C(=O)c2c1c(Br)c(Br)c([N+](=O)[O-])c2[N+](=O)[O-]. The monoisotopic (exact) mass is 454 g/mol. The Labute approximate surface area is 150 Å². The maximum absolute atomic E-state index is 12.7. The largest absolute Gasteiger partial charge is 0.362 e. The van der Waals surface area contributed by atoms with Crippen molar-refractivity contribution in [2.45, 2.75) is 0 Å². The standard InChI is InChI=1S/C14H4Br2N2O6/c15-9-7-8(11(17(21)22)12(10(9)16)18(23)24)14(20)6-4-2-1-3-5(6)13(7)19/h1-4H. The summed E-state index contributed by atoms with van der Waals surface area (Å²) in [5.41, 5.74) is -2.66. The minimum atomic E-state index is -1.02. The van der Waals surface area contributed by atoms with Crippen LogP contribution in [0, 0.1) is 20.2 Å². The molecule has 10 heteroatoms. The lowest BCUT2D eigenvalue weighted by molar-refractivity contribution is -0.423. The minimum absolute atomic E-state index is 0.0263. The van der Waals surface area contributed by atoms with E-state index < -0.39 is 38.4 Å². The first-order valence-electron chi connectivity index (χ1n) is 6.29. The summed E-state index contributed by atoms with van der Waals surface area (Å²) in [6.45, 7) is 0. The van der Waals surface area contributed by atoms with Gasteiger partial charge in [-0.1, -0.05) is 24.3 Å². The van der Waals surface area contributed by atoms with Gasteiger partial charge in [0, 0.05) is 11.1 Å². The highest BCUT2D eigenvalue weighted by Gasteiger charge is 2.44. The smallest absolute Gasteiger partial charge is 0.289 e. The Morgan fingerprint density at radius 2 is 1.21 bits per heavy atom. The first-order chi connectivity index (χ1) is 11.3. The van der Waals surface area contributed by atoms with E-state index in [0.29, 0.717) is 0 Å². The number of nitrogens with zero attached hydrogens (tertiary/aromatic N) is 2. The van der Waals surface area contributed by atoms with Crippen LogP contribution in [0.15, 0.2) is 33.2 Å². The van der Waals surface area contributed by atoms with Gasteiger partial charge in [0.15, 0.2) is 5.78 Å². The summed E-state index contributed by atoms with van der Waals surface area (Å²) >= 11 is 5.95. The van der Waals surface area contributed by atoms with Crippen molar-refractivity contribution in [3.63, 3.8) is 0 Å². The molecule has 1 aliphatic carbocycles. The number of carbonyl (C=O) groups excluding carboxylic acids is 2. The van der Waals surface area contributed by atoms with Crippen LogP contribution in [-0.4, -0.2) is 21.4 Å². The van der Waals surface area contributed by atoms with Crippen molar-refractivity contribution in [3.8, 4) is 0 Å². The van der Waals surface area contributed by atoms with Crippen LogP contribution in [0.2, 0.25) is 0 Å². The molecular weight excluding hydrogens is 452 g/mol. The average molecular weight is 456 g/mol. The lowest BCUT2D eigenvalue weighted by atomic mass is 9.83. The third-order valence-corrected chi connectivity index (χ3v) is 5.66. The van der Waals surface area contributed by atoms with Gasteiger partial charge in [-0.2, -0.15) is 0 Å². The summed E-state index contributed by atoms with van der Waals surface area (Å²) in [5.74, 6) is -1.42. The summed E-state index contributed by atoms with van der Waals surface area (Å²) in [7, 11) is 0. The van der Waals surface area contributed by atoms with E-state index in [1.807, 2.05) is 0 Å². The highest BCUT2D eigenvalue weighted by molar-refractivity contribution is 9.13. The molecule has 2 aromatic rings. The Hall–Kier alpha value is -2.46. The van der Waals surface area contributed by atoms with E-state index in [1.54, 1.807) is 6.07 Å². The zero-order valence-corrected chi connectivity index (χ0v) is 14.6. The molecule has 0 aliphatic heterocycles. The number of nitro benzene ring substituents is 2. The molecule has 0 saturated heterocycles. The van der Waals surface area contributed by atoms with Gasteiger partial charge in [-0.15, -0.1) is 0 Å². The molecule has 24 heavy (non-hydrogen) atoms. The van der Waals surface area contributed by atoms with Gasteiger partial charge in [-0.3, -0.25) is 29.8 Å². The van der Waals surface area contributed by atoms with E-state index in [0.717, 1.165) is 0 Å². The molecule has 0 N–H and O–H groups in total. The Morgan fingerprint density at radius 1 is 0.750 bits per heavy atom. The van der Waals surface area contributed by atoms with Gasteiger partial charge in [-0.05, 0) is 31.9 Å². The highest BCUT2D eigenvalue weighted by Crippen LogP contribution is 2.48. The van der Waals surface area contributed by atoms with E-state index in [1.165, 1.54) is 18.2 Å². The van der Waals surface area contributed by atoms with Crippen LogP contribution >= 0.6 is 31.9 Å². The molecule has 0 unspecified atom stereocenters. The first-order valence-corrected chi connectivity index (χ1v) is 7.88. The number of ketones is 2. The molecular formula is C14H4Br2N2O6. The molecule has 0 aromatic heterocycles. The number of rotatable bonds is 2. The van der Waals surface area contributed by atoms with Crippen molar-refractivity contribution in [2.24, 2.45) is 0 Å². The second-order valence-corrected chi connectivity index (χ2v) is 6.38. The normalized spacial score (nSPS) is 12.6. The zero-order chi connectivity index (χ0) is 17.8. The fourth-order valence-corrected chi connectivity index (χ4v) is 3.69. The average Bonchev–Trinajstić information content (AvgIpc) is 2.53. The van der Waals surface area contributed by atoms with Crippen LogP contribution in [0.25, 0.3) is 0 Å². The van der Waals surface area contributed by atoms with Crippen molar-refractivity contribution in [1.29, 1.82) is 0 Å². The van der Waals surface area contributed by atoms with Gasteiger partial charge in [0.05, 0.1) is 19.9 Å². The number of hydrogen-bond acceptors (Lipinski definition) is 6. The maximum atomic E-state index is 12.7. The number of carbonyl (C=O) groups is 2. The summed E-state index contributed by atoms with van der Waals surface area (Å²) in [4.78, 5) is 46.1. The maximum Gasteiger partial charge on any atom is 0.362 e. The van der Waals surface area contributed by atoms with E-state index in [4.69, 9.17) is 0 Å². The Kier molecular flexibility index (Phi) is 3.80. The van der Waals surface area contributed by atoms with Crippen molar-refractivity contribution >= 4 is 54.8 Å². The number of halogens is 2. The molecule has 0 amide bonds. The Bertz CT molecular complexity index is 986. The quantitative estimate of drug-likeness (QED) is 0.428. The lowest BCUT2D eigenvalue weighted by Gasteiger charge is -2.19. The van der Waals surface area contributed by atoms with Gasteiger partial charge in [0.25, 0.3) is 0 Å². The fraction of sp³-hybridized carbons (Fsp3) is 0. The molecule has 1 aliphatic rings. The van der Waals surface area contributed by atoms with Gasteiger partial charge < -0.3 is 0 Å². The van der Waals surface area contributed by atoms with Crippen LogP contribution in [0.4, 0.5) is 11.4 Å². The van der Waals surface area contributed by atoms with Crippen molar-refractivity contribution < 1.29 is 19.4 Å². The second kappa shape index (κ2) is 5.56. The van der Waals surface area contributed by atoms with E-state index in [2.05, 4.69) is 31.9 Å². The van der Waals surface area contributed by atoms with Crippen molar-refractivity contribution in [1.82, 2.24) is 0 Å². The number of hydrogen-bond donors (Lipinski definition) is 0. The number of benzene rings is 2. The topological polar surface area (TPSA) is 120 Å². The van der Waals surface area contributed by atoms with Crippen LogP contribution < -0.4 is 0 Å². The Morgan fingerprint density at radius 3 is 1.67 bits per heavy atom. The van der Waals surface area contributed by atoms with E-state index >= 15 is 0 Å². The van der Waals surface area contributed by atoms with Crippen LogP contribution in [-0.2, 0) is 0 Å². The predicted molar refractivity (Wildman–Crippen MR) is 88.5 cm³/mol. The van der Waals surface area contributed by atoms with Crippen molar-refractivity contribution in [2.75, 3.05) is 0 Å². The van der Waals surface area contributed by atoms with Gasteiger partial charge in [0.1, 0.15) is 10.0 Å². The van der Waals surface area contributed by atoms with Gasteiger partial charge >= 0.3 is 11.4 Å². The predicted octanol–water partition coefficient (Wildman–Crippen LogP) is 3.80. The molecule has 0 saturated carbocycles. The van der Waals surface area contributed by atoms with Crippen LogP contribution in [0.3, 0.4) is 0 Å². The number of fused-ring (bicyclic) bond motifs is 2. The summed E-state index contributed by atoms with van der Waals surface area (Å²) in [6.07, 6.45) is 0. The molecule has 0 spiro atoms. The lowest BCUT2D eigenvalue weighted by Crippen LogP contribution is -2.23. The summed E-state index contributed by atoms with van der Waals surface area (Å²) < 4.78 is -0.332. The molecule has 0 fully saturated rings. The molecule has 120 valence electrons. The van der Waals surface area contributed by atoms with E-state index in [-0.39, 0.29) is 25.6 Å². The molecule has 8 nitrogen and oxygen atoms in total. The zero-order valence-electron chi connectivity index (χ0n) is 11.4. The van der Waals surface area contributed by atoms with Crippen LogP contribution in [0.5, 0.6) is 0 Å². The van der Waals surface area contributed by atoms with Crippen molar-refractivity contribution in [3.05, 3.63) is 75.7 Å². The summed E-state index contributed by atoms with van der Waals surface area (Å²) in [5, 5.41) is 22.7. The minimum Gasteiger partial charge on any atom is -0.289 e. The molecule has 3 rings (SSSR count). The van der Waals surface area contributed by atoms with E-state index in [9.17, 15) is 29.8 Å². The second-order valence-electron chi connectivity index (χ2n) is 4.79. The third kappa shape index (κ3) is 2.10.